The summed E-state index contributed by atoms with van der Waals surface area (Å²) in [5.74, 6) is -1.21. The highest BCUT2D eigenvalue weighted by Gasteiger charge is 2.36. The van der Waals surface area contributed by atoms with E-state index in [1.165, 1.54) is 4.90 Å². The molecule has 0 aliphatic carbocycles. The second kappa shape index (κ2) is 10.3. The number of nitrogens with zero attached hydrogens (tertiary/aromatic N) is 3. The third kappa shape index (κ3) is 5.85. The lowest BCUT2D eigenvalue weighted by Crippen LogP contribution is -2.52. The minimum Gasteiger partial charge on any atom is -0.352 e. The Morgan fingerprint density at radius 2 is 2.03 bits per heavy atom. The zero-order valence-electron chi connectivity index (χ0n) is 20.0. The molecular weight excluding hydrogens is 480 g/mol. The van der Waals surface area contributed by atoms with Crippen LogP contribution in [-0.4, -0.2) is 45.4 Å². The fourth-order valence-electron chi connectivity index (χ4n) is 4.48. The third-order valence-corrected chi connectivity index (χ3v) is 6.26. The van der Waals surface area contributed by atoms with Gasteiger partial charge in [-0.25, -0.2) is 19.2 Å². The van der Waals surface area contributed by atoms with Gasteiger partial charge >= 0.3 is 12.2 Å². The van der Waals surface area contributed by atoms with Crippen molar-refractivity contribution in [3.63, 3.8) is 0 Å². The summed E-state index contributed by atoms with van der Waals surface area (Å²) in [7, 11) is 0. The summed E-state index contributed by atoms with van der Waals surface area (Å²) in [6, 6.07) is 0.712. The lowest BCUT2D eigenvalue weighted by Gasteiger charge is -2.35. The van der Waals surface area contributed by atoms with Crippen molar-refractivity contribution in [1.29, 1.82) is 0 Å². The Morgan fingerprint density at radius 3 is 2.69 bits per heavy atom. The number of anilines is 1. The minimum atomic E-state index is -4.84. The molecular formula is C24H28F4N6O2. The lowest BCUT2D eigenvalue weighted by molar-refractivity contribution is -0.140. The number of halogens is 4. The lowest BCUT2D eigenvalue weighted by atomic mass is 9.91. The highest BCUT2D eigenvalue weighted by molar-refractivity contribution is 5.78. The number of nitrogens with one attached hydrogen (secondary N) is 3. The van der Waals surface area contributed by atoms with Gasteiger partial charge in [0.1, 0.15) is 5.82 Å². The third-order valence-electron chi connectivity index (χ3n) is 6.26. The first-order valence-electron chi connectivity index (χ1n) is 11.8. The van der Waals surface area contributed by atoms with Gasteiger partial charge in [-0.15, -0.1) is 0 Å². The van der Waals surface area contributed by atoms with Gasteiger partial charge < -0.3 is 20.9 Å². The SMILES string of the molecule is CC(C)Nc1ncc2c(n1)CN(C(=O)N[C@@H](c1ccc(C(F)(F)F)c(F)c1)C1CCCC(=O)N1)CC2. The highest BCUT2D eigenvalue weighted by Crippen LogP contribution is 2.34. The van der Waals surface area contributed by atoms with Crippen LogP contribution in [0.25, 0.3) is 0 Å². The van der Waals surface area contributed by atoms with Gasteiger partial charge in [-0.2, -0.15) is 13.2 Å². The molecule has 0 bridgehead atoms. The number of fused-ring (bicyclic) bond motifs is 1. The molecule has 2 aliphatic heterocycles. The number of hydrogen-bond donors (Lipinski definition) is 3. The number of carbonyl (C=O) groups excluding carboxylic acids is 2. The first-order valence-corrected chi connectivity index (χ1v) is 11.8. The smallest absolute Gasteiger partial charge is 0.352 e. The summed E-state index contributed by atoms with van der Waals surface area (Å²) in [5, 5.41) is 8.73. The summed E-state index contributed by atoms with van der Waals surface area (Å²) < 4.78 is 53.6. The topological polar surface area (TPSA) is 99.2 Å². The first kappa shape index (κ1) is 25.6. The second-order valence-corrected chi connectivity index (χ2v) is 9.37. The van der Waals surface area contributed by atoms with Crippen LogP contribution in [0.2, 0.25) is 0 Å². The zero-order chi connectivity index (χ0) is 26.0. The predicted octanol–water partition coefficient (Wildman–Crippen LogP) is 3.93. The maximum absolute atomic E-state index is 14.4. The van der Waals surface area contributed by atoms with Gasteiger partial charge in [0.2, 0.25) is 11.9 Å². The van der Waals surface area contributed by atoms with Crippen molar-refractivity contribution in [3.05, 3.63) is 52.6 Å². The molecule has 0 radical (unpaired) electrons. The fourth-order valence-corrected chi connectivity index (χ4v) is 4.48. The molecule has 2 atom stereocenters. The maximum Gasteiger partial charge on any atom is 0.419 e. The van der Waals surface area contributed by atoms with Gasteiger partial charge in [0.15, 0.2) is 0 Å². The van der Waals surface area contributed by atoms with Gasteiger partial charge in [-0.3, -0.25) is 4.79 Å². The largest absolute Gasteiger partial charge is 0.419 e. The number of amides is 3. The summed E-state index contributed by atoms with van der Waals surface area (Å²) in [4.78, 5) is 35.6. The van der Waals surface area contributed by atoms with Crippen LogP contribution in [0.1, 0.15) is 61.5 Å². The number of rotatable bonds is 5. The molecule has 2 aliphatic rings. The summed E-state index contributed by atoms with van der Waals surface area (Å²) in [6.07, 6.45) is -1.23. The average Bonchev–Trinajstić information content (AvgIpc) is 2.80. The van der Waals surface area contributed by atoms with Crippen LogP contribution in [0.4, 0.5) is 28.3 Å². The van der Waals surface area contributed by atoms with Crippen molar-refractivity contribution in [3.8, 4) is 0 Å². The minimum absolute atomic E-state index is 0.127. The molecule has 1 saturated heterocycles. The molecule has 3 heterocycles. The number of urea groups is 1. The molecule has 1 unspecified atom stereocenters. The van der Waals surface area contributed by atoms with Crippen molar-refractivity contribution in [2.24, 2.45) is 0 Å². The fraction of sp³-hybridized carbons (Fsp3) is 0.500. The Morgan fingerprint density at radius 1 is 1.25 bits per heavy atom. The molecule has 3 amide bonds. The van der Waals surface area contributed by atoms with Crippen LogP contribution in [-0.2, 0) is 23.9 Å². The Hall–Kier alpha value is -3.44. The van der Waals surface area contributed by atoms with Crippen LogP contribution in [0.3, 0.4) is 0 Å². The Kier molecular flexibility index (Phi) is 7.32. The molecule has 2 aromatic rings. The maximum atomic E-state index is 14.4. The van der Waals surface area contributed by atoms with E-state index < -0.39 is 35.7 Å². The quantitative estimate of drug-likeness (QED) is 0.532. The average molecular weight is 509 g/mol. The molecule has 0 spiro atoms. The Balaban J connectivity index is 1.56. The molecule has 1 aromatic heterocycles. The summed E-state index contributed by atoms with van der Waals surface area (Å²) >= 11 is 0. The summed E-state index contributed by atoms with van der Waals surface area (Å²) in [6.45, 7) is 4.50. The summed E-state index contributed by atoms with van der Waals surface area (Å²) in [5.41, 5.74) is 0.373. The Labute approximate surface area is 205 Å². The van der Waals surface area contributed by atoms with E-state index in [2.05, 4.69) is 25.9 Å². The van der Waals surface area contributed by atoms with Crippen molar-refractivity contribution >= 4 is 17.9 Å². The molecule has 12 heteroatoms. The monoisotopic (exact) mass is 508 g/mol. The predicted molar refractivity (Wildman–Crippen MR) is 123 cm³/mol. The van der Waals surface area contributed by atoms with Crippen LogP contribution < -0.4 is 16.0 Å². The van der Waals surface area contributed by atoms with Crippen LogP contribution in [0, 0.1) is 5.82 Å². The highest BCUT2D eigenvalue weighted by atomic mass is 19.4. The van der Waals surface area contributed by atoms with E-state index in [1.54, 1.807) is 6.20 Å². The number of piperidine rings is 1. The van der Waals surface area contributed by atoms with E-state index in [0.29, 0.717) is 49.9 Å². The van der Waals surface area contributed by atoms with E-state index >= 15 is 0 Å². The van der Waals surface area contributed by atoms with E-state index in [4.69, 9.17) is 0 Å². The molecule has 1 fully saturated rings. The van der Waals surface area contributed by atoms with E-state index in [9.17, 15) is 27.2 Å². The van der Waals surface area contributed by atoms with Crippen molar-refractivity contribution < 1.29 is 27.2 Å². The van der Waals surface area contributed by atoms with Crippen molar-refractivity contribution in [2.45, 2.75) is 70.4 Å². The van der Waals surface area contributed by atoms with Crippen LogP contribution in [0.5, 0.6) is 0 Å². The van der Waals surface area contributed by atoms with Crippen LogP contribution >= 0.6 is 0 Å². The van der Waals surface area contributed by atoms with Gasteiger partial charge in [-0.05, 0) is 56.4 Å². The Bertz CT molecular complexity index is 1140. The van der Waals surface area contributed by atoms with Gasteiger partial charge in [0.05, 0.1) is 29.9 Å². The molecule has 1 aromatic carbocycles. The normalized spacial score (nSPS) is 18.9. The molecule has 194 valence electrons. The van der Waals surface area contributed by atoms with Crippen molar-refractivity contribution in [2.75, 3.05) is 11.9 Å². The molecule has 3 N–H and O–H groups in total. The second-order valence-electron chi connectivity index (χ2n) is 9.37. The molecule has 4 rings (SSSR count). The first-order chi connectivity index (χ1) is 17.0. The number of benzene rings is 1. The van der Waals surface area contributed by atoms with E-state index in [0.717, 1.165) is 17.7 Å². The molecule has 0 saturated carbocycles. The van der Waals surface area contributed by atoms with E-state index in [1.807, 2.05) is 13.8 Å². The van der Waals surface area contributed by atoms with Gasteiger partial charge in [0, 0.05) is 25.2 Å². The van der Waals surface area contributed by atoms with Crippen LogP contribution in [0.15, 0.2) is 24.4 Å². The number of hydrogen-bond acceptors (Lipinski definition) is 5. The number of alkyl halides is 3. The number of aromatic nitrogens is 2. The number of carbonyl (C=O) groups is 2. The molecule has 36 heavy (non-hydrogen) atoms. The van der Waals surface area contributed by atoms with Crippen molar-refractivity contribution in [1.82, 2.24) is 25.5 Å². The van der Waals surface area contributed by atoms with E-state index in [-0.39, 0.29) is 24.1 Å². The standard InChI is InChI=1S/C24H28F4N6O2/c1-13(2)30-22-29-11-15-8-9-34(12-19(15)32-22)23(36)33-21(18-4-3-5-20(35)31-18)14-6-7-16(17(25)10-14)24(26,27)28/h6-7,10-11,13,18,21H,3-5,8-9,12H2,1-2H3,(H,31,35)(H,33,36)(H,29,30,32)/t18?,21-/m0/s1. The zero-order valence-corrected chi connectivity index (χ0v) is 20.0. The van der Waals surface area contributed by atoms with Gasteiger partial charge in [0.25, 0.3) is 0 Å². The van der Waals surface area contributed by atoms with Gasteiger partial charge in [-0.1, -0.05) is 6.07 Å². The molecule has 8 nitrogen and oxygen atoms in total.